The van der Waals surface area contributed by atoms with E-state index < -0.39 is 12.0 Å². The molecule has 2 aromatic heterocycles. The summed E-state index contributed by atoms with van der Waals surface area (Å²) in [5, 5.41) is 20.8. The van der Waals surface area contributed by atoms with E-state index >= 15 is 0 Å². The number of aromatic hydroxyl groups is 1. The second kappa shape index (κ2) is 6.99. The second-order valence-corrected chi connectivity index (χ2v) is 7.50. The minimum absolute atomic E-state index is 0.0644. The maximum absolute atomic E-state index is 12.9. The molecule has 0 amide bonds. The zero-order valence-electron chi connectivity index (χ0n) is 13.7. The number of aromatic nitrogens is 4. The summed E-state index contributed by atoms with van der Waals surface area (Å²) < 4.78 is 40.2. The van der Waals surface area contributed by atoms with Crippen molar-refractivity contribution in [1.82, 2.24) is 19.8 Å². The third-order valence-corrected chi connectivity index (χ3v) is 5.14. The Bertz CT molecular complexity index is 1180. The fourth-order valence-corrected chi connectivity index (χ4v) is 3.60. The number of phenolic OH excluding ortho intramolecular Hbond substituents is 1. The smallest absolute Gasteiger partial charge is 0.453 e. The van der Waals surface area contributed by atoms with E-state index in [1.54, 1.807) is 42.5 Å². The summed E-state index contributed by atoms with van der Waals surface area (Å²) in [6.45, 7) is 0. The van der Waals surface area contributed by atoms with Crippen molar-refractivity contribution in [3.05, 3.63) is 58.3 Å². The van der Waals surface area contributed by atoms with E-state index in [4.69, 9.17) is 0 Å². The zero-order valence-corrected chi connectivity index (χ0v) is 16.1. The molecule has 0 radical (unpaired) electrons. The van der Waals surface area contributed by atoms with E-state index in [1.807, 2.05) is 0 Å². The first-order valence-corrected chi connectivity index (χ1v) is 9.35. The molecule has 0 saturated heterocycles. The minimum Gasteiger partial charge on any atom is -0.507 e. The standard InChI is InChI=1S/C17H9BrF3N5OS/c18-11-3-6-13(27)10(7-11)8-22-12-4-1-9(2-5-12)14-25-26-15(17(19,20)21)23-24-16(26)28-14/h1-8,27H. The van der Waals surface area contributed by atoms with Gasteiger partial charge in [-0.15, -0.1) is 10.2 Å². The molecule has 0 aliphatic rings. The van der Waals surface area contributed by atoms with Crippen LogP contribution < -0.4 is 0 Å². The Morgan fingerprint density at radius 3 is 2.57 bits per heavy atom. The summed E-state index contributed by atoms with van der Waals surface area (Å²) in [7, 11) is 0. The number of benzene rings is 2. The van der Waals surface area contributed by atoms with Gasteiger partial charge in [-0.2, -0.15) is 22.8 Å². The first kappa shape index (κ1) is 18.6. The molecule has 4 rings (SSSR count). The summed E-state index contributed by atoms with van der Waals surface area (Å²) in [4.78, 5) is 4.36. The lowest BCUT2D eigenvalue weighted by Gasteiger charge is -2.01. The van der Waals surface area contributed by atoms with Crippen LogP contribution in [0.1, 0.15) is 11.4 Å². The third-order valence-electron chi connectivity index (χ3n) is 3.70. The number of hydrogen-bond acceptors (Lipinski definition) is 6. The van der Waals surface area contributed by atoms with Crippen LogP contribution in [-0.2, 0) is 6.18 Å². The highest BCUT2D eigenvalue weighted by Gasteiger charge is 2.38. The van der Waals surface area contributed by atoms with Crippen LogP contribution in [0.15, 0.2) is 51.9 Å². The quantitative estimate of drug-likeness (QED) is 0.425. The summed E-state index contributed by atoms with van der Waals surface area (Å²) >= 11 is 4.33. The van der Waals surface area contributed by atoms with Gasteiger partial charge in [0.2, 0.25) is 4.96 Å². The molecule has 2 aromatic carbocycles. The highest BCUT2D eigenvalue weighted by Crippen LogP contribution is 2.32. The Morgan fingerprint density at radius 2 is 1.86 bits per heavy atom. The topological polar surface area (TPSA) is 75.7 Å². The van der Waals surface area contributed by atoms with Crippen LogP contribution in [0.2, 0.25) is 0 Å². The van der Waals surface area contributed by atoms with Crippen molar-refractivity contribution in [3.8, 4) is 16.3 Å². The highest BCUT2D eigenvalue weighted by molar-refractivity contribution is 9.10. The van der Waals surface area contributed by atoms with Gasteiger partial charge >= 0.3 is 6.18 Å². The average molecular weight is 468 g/mol. The second-order valence-electron chi connectivity index (χ2n) is 5.63. The monoisotopic (exact) mass is 467 g/mol. The van der Waals surface area contributed by atoms with E-state index in [0.717, 1.165) is 15.8 Å². The summed E-state index contributed by atoms with van der Waals surface area (Å²) in [6.07, 6.45) is -3.10. The summed E-state index contributed by atoms with van der Waals surface area (Å²) in [6, 6.07) is 11.8. The Balaban J connectivity index is 1.60. The van der Waals surface area contributed by atoms with Crippen LogP contribution in [0, 0.1) is 0 Å². The lowest BCUT2D eigenvalue weighted by atomic mass is 10.2. The van der Waals surface area contributed by atoms with Gasteiger partial charge in [-0.3, -0.25) is 4.99 Å². The van der Waals surface area contributed by atoms with Crippen LogP contribution in [0.4, 0.5) is 18.9 Å². The molecule has 28 heavy (non-hydrogen) atoms. The molecule has 0 aliphatic carbocycles. The maximum atomic E-state index is 12.9. The molecule has 0 fully saturated rings. The van der Waals surface area contributed by atoms with Gasteiger partial charge < -0.3 is 5.11 Å². The van der Waals surface area contributed by atoms with Crippen molar-refractivity contribution in [1.29, 1.82) is 0 Å². The number of rotatable bonds is 3. The maximum Gasteiger partial charge on any atom is 0.453 e. The predicted octanol–water partition coefficient (Wildman–Crippen LogP) is 5.09. The molecule has 0 aliphatic heterocycles. The first-order chi connectivity index (χ1) is 13.3. The van der Waals surface area contributed by atoms with Gasteiger partial charge in [-0.1, -0.05) is 27.3 Å². The van der Waals surface area contributed by atoms with E-state index in [9.17, 15) is 18.3 Å². The number of aliphatic imine (C=N–C) groups is 1. The number of nitrogens with zero attached hydrogens (tertiary/aromatic N) is 5. The van der Waals surface area contributed by atoms with E-state index in [1.165, 1.54) is 6.21 Å². The average Bonchev–Trinajstić information content (AvgIpc) is 3.23. The van der Waals surface area contributed by atoms with Crippen LogP contribution >= 0.6 is 27.3 Å². The minimum atomic E-state index is -4.62. The molecule has 0 atom stereocenters. The number of phenols is 1. The van der Waals surface area contributed by atoms with Crippen LogP contribution in [0.5, 0.6) is 5.75 Å². The van der Waals surface area contributed by atoms with E-state index in [0.29, 0.717) is 26.3 Å². The summed E-state index contributed by atoms with van der Waals surface area (Å²) in [5.74, 6) is -1.05. The van der Waals surface area contributed by atoms with Crippen molar-refractivity contribution in [2.75, 3.05) is 0 Å². The highest BCUT2D eigenvalue weighted by atomic mass is 79.9. The molecular weight excluding hydrogens is 459 g/mol. The SMILES string of the molecule is Oc1ccc(Br)cc1C=Nc1ccc(-c2nn3c(C(F)(F)F)nnc3s2)cc1. The molecule has 6 nitrogen and oxygen atoms in total. The third kappa shape index (κ3) is 3.62. The van der Waals surface area contributed by atoms with Crippen molar-refractivity contribution in [2.45, 2.75) is 6.18 Å². The van der Waals surface area contributed by atoms with Crippen molar-refractivity contribution in [2.24, 2.45) is 4.99 Å². The Kier molecular flexibility index (Phi) is 4.63. The molecule has 142 valence electrons. The van der Waals surface area contributed by atoms with Gasteiger partial charge in [-0.25, -0.2) is 0 Å². The van der Waals surface area contributed by atoms with Crippen molar-refractivity contribution < 1.29 is 18.3 Å². The van der Waals surface area contributed by atoms with Crippen LogP contribution in [0.3, 0.4) is 0 Å². The molecule has 2 heterocycles. The van der Waals surface area contributed by atoms with Gasteiger partial charge in [0, 0.05) is 21.8 Å². The van der Waals surface area contributed by atoms with E-state index in [2.05, 4.69) is 36.2 Å². The summed E-state index contributed by atoms with van der Waals surface area (Å²) in [5.41, 5.74) is 1.79. The number of hydrogen-bond donors (Lipinski definition) is 1. The van der Waals surface area contributed by atoms with E-state index in [-0.39, 0.29) is 10.7 Å². The fourth-order valence-electron chi connectivity index (χ4n) is 2.37. The van der Waals surface area contributed by atoms with Gasteiger partial charge in [0.05, 0.1) is 5.69 Å². The van der Waals surface area contributed by atoms with Crippen LogP contribution in [-0.4, -0.2) is 31.1 Å². The molecule has 4 aromatic rings. The van der Waals surface area contributed by atoms with Gasteiger partial charge in [-0.05, 0) is 42.5 Å². The lowest BCUT2D eigenvalue weighted by Crippen LogP contribution is -2.11. The largest absolute Gasteiger partial charge is 0.507 e. The van der Waals surface area contributed by atoms with Crippen molar-refractivity contribution in [3.63, 3.8) is 0 Å². The van der Waals surface area contributed by atoms with Gasteiger partial charge in [0.25, 0.3) is 5.82 Å². The Morgan fingerprint density at radius 1 is 1.11 bits per heavy atom. The molecule has 0 bridgehead atoms. The normalized spacial score (nSPS) is 12.3. The van der Waals surface area contributed by atoms with Gasteiger partial charge in [0.15, 0.2) is 0 Å². The van der Waals surface area contributed by atoms with Crippen LogP contribution in [0.25, 0.3) is 15.5 Å². The molecule has 0 saturated carbocycles. The Labute approximate surface area is 168 Å². The number of fused-ring (bicyclic) bond motifs is 1. The number of alkyl halides is 3. The number of halogens is 4. The first-order valence-electron chi connectivity index (χ1n) is 7.74. The molecule has 1 N–H and O–H groups in total. The predicted molar refractivity (Wildman–Crippen MR) is 102 cm³/mol. The zero-order chi connectivity index (χ0) is 19.9. The fraction of sp³-hybridized carbons (Fsp3) is 0.0588. The Hall–Kier alpha value is -2.79. The molecule has 11 heteroatoms. The lowest BCUT2D eigenvalue weighted by molar-refractivity contribution is -0.146. The molecule has 0 spiro atoms. The van der Waals surface area contributed by atoms with Gasteiger partial charge in [0.1, 0.15) is 10.8 Å². The molecule has 0 unspecified atom stereocenters. The molecular formula is C17H9BrF3N5OS. The van der Waals surface area contributed by atoms with Crippen molar-refractivity contribution >= 4 is 44.1 Å².